The third-order valence-corrected chi connectivity index (χ3v) is 5.87. The number of aromatic nitrogens is 3. The first-order chi connectivity index (χ1) is 15.2. The van der Waals surface area contributed by atoms with Crippen LogP contribution in [0.3, 0.4) is 0 Å². The van der Waals surface area contributed by atoms with Crippen LogP contribution < -0.4 is 15.6 Å². The average Bonchev–Trinajstić information content (AvgIpc) is 3.29. The van der Waals surface area contributed by atoms with E-state index in [4.69, 9.17) is 9.47 Å². The quantitative estimate of drug-likeness (QED) is 0.425. The molecule has 2 aromatic heterocycles. The van der Waals surface area contributed by atoms with Crippen LogP contribution in [0.1, 0.15) is 19.8 Å². The largest absolute Gasteiger partial charge is 0.492 e. The predicted octanol–water partition coefficient (Wildman–Crippen LogP) is 3.10. The number of pyridine rings is 1. The van der Waals surface area contributed by atoms with Crippen molar-refractivity contribution >= 4 is 34.4 Å². The summed E-state index contributed by atoms with van der Waals surface area (Å²) >= 11 is 1.21. The Morgan fingerprint density at radius 1 is 1.32 bits per heavy atom. The lowest BCUT2D eigenvalue weighted by molar-refractivity contribution is -0.113. The monoisotopic (exact) mass is 440 g/mol. The number of carbonyl (C=O) groups excluding carboxylic acids is 1. The minimum atomic E-state index is -0.212. The highest BCUT2D eigenvalue weighted by molar-refractivity contribution is 7.99. The van der Waals surface area contributed by atoms with Crippen molar-refractivity contribution in [3.63, 3.8) is 0 Å². The predicted molar refractivity (Wildman–Crippen MR) is 120 cm³/mol. The second kappa shape index (κ2) is 9.93. The summed E-state index contributed by atoms with van der Waals surface area (Å²) in [6.07, 6.45) is 3.45. The number of carbonyl (C=O) groups is 1. The van der Waals surface area contributed by atoms with Crippen LogP contribution in [0.5, 0.6) is 5.75 Å². The summed E-state index contributed by atoms with van der Waals surface area (Å²) < 4.78 is 12.9. The zero-order valence-corrected chi connectivity index (χ0v) is 18.1. The van der Waals surface area contributed by atoms with E-state index in [-0.39, 0.29) is 23.3 Å². The normalized spacial score (nSPS) is 15.8. The summed E-state index contributed by atoms with van der Waals surface area (Å²) in [7, 11) is 0. The molecule has 1 aromatic carbocycles. The Kier molecular flexibility index (Phi) is 6.83. The van der Waals surface area contributed by atoms with Crippen molar-refractivity contribution in [3.8, 4) is 5.75 Å². The topological polar surface area (TPSA) is 95.3 Å². The first-order valence-electron chi connectivity index (χ1n) is 10.3. The first-order valence-corrected chi connectivity index (χ1v) is 11.3. The van der Waals surface area contributed by atoms with Crippen LogP contribution in [0.4, 0.5) is 5.69 Å². The average molecular weight is 441 g/mol. The summed E-state index contributed by atoms with van der Waals surface area (Å²) in [5, 5.41) is 3.79. The molecule has 31 heavy (non-hydrogen) atoms. The maximum Gasteiger partial charge on any atom is 0.263 e. The maximum absolute atomic E-state index is 13.1. The van der Waals surface area contributed by atoms with Crippen molar-refractivity contribution in [1.82, 2.24) is 14.5 Å². The van der Waals surface area contributed by atoms with Gasteiger partial charge in [-0.2, -0.15) is 0 Å². The van der Waals surface area contributed by atoms with Crippen LogP contribution in [0.25, 0.3) is 11.0 Å². The second-order valence-corrected chi connectivity index (χ2v) is 8.03. The Labute approximate surface area is 184 Å². The van der Waals surface area contributed by atoms with Gasteiger partial charge < -0.3 is 14.8 Å². The van der Waals surface area contributed by atoms with E-state index in [9.17, 15) is 9.59 Å². The highest BCUT2D eigenvalue weighted by Crippen LogP contribution is 2.25. The number of fused-ring (bicyclic) bond motifs is 1. The molecule has 3 aromatic rings. The number of hydrogen-bond donors (Lipinski definition) is 1. The highest BCUT2D eigenvalue weighted by atomic mass is 32.2. The zero-order valence-electron chi connectivity index (χ0n) is 17.2. The molecule has 1 atom stereocenters. The molecule has 1 saturated heterocycles. The number of hydrogen-bond acceptors (Lipinski definition) is 7. The van der Waals surface area contributed by atoms with Gasteiger partial charge in [0.15, 0.2) is 10.8 Å². The van der Waals surface area contributed by atoms with E-state index in [1.807, 2.05) is 25.1 Å². The Bertz CT molecular complexity index is 1130. The molecule has 4 rings (SSSR count). The smallest absolute Gasteiger partial charge is 0.263 e. The molecule has 0 bridgehead atoms. The number of rotatable bonds is 8. The maximum atomic E-state index is 13.1. The highest BCUT2D eigenvalue weighted by Gasteiger charge is 2.21. The molecule has 1 N–H and O–H groups in total. The fraction of sp³-hybridized carbons (Fsp3) is 0.364. The van der Waals surface area contributed by atoms with Gasteiger partial charge in [-0.15, -0.1) is 0 Å². The Morgan fingerprint density at radius 3 is 3.00 bits per heavy atom. The number of benzene rings is 1. The van der Waals surface area contributed by atoms with E-state index in [1.54, 1.807) is 29.0 Å². The van der Waals surface area contributed by atoms with Gasteiger partial charge in [-0.25, -0.2) is 9.97 Å². The van der Waals surface area contributed by atoms with Gasteiger partial charge in [0, 0.05) is 12.8 Å². The first kappa shape index (κ1) is 21.3. The third kappa shape index (κ3) is 5.05. The van der Waals surface area contributed by atoms with E-state index in [0.717, 1.165) is 12.8 Å². The Balaban J connectivity index is 1.54. The van der Waals surface area contributed by atoms with Crippen molar-refractivity contribution in [2.75, 3.05) is 24.3 Å². The molecule has 3 heterocycles. The van der Waals surface area contributed by atoms with Crippen molar-refractivity contribution in [2.24, 2.45) is 0 Å². The van der Waals surface area contributed by atoms with Gasteiger partial charge in [0.1, 0.15) is 5.75 Å². The van der Waals surface area contributed by atoms with Crippen LogP contribution in [-0.2, 0) is 16.1 Å². The van der Waals surface area contributed by atoms with Crippen molar-refractivity contribution in [1.29, 1.82) is 0 Å². The van der Waals surface area contributed by atoms with Crippen molar-refractivity contribution < 1.29 is 14.3 Å². The number of thioether (sulfide) groups is 1. The Morgan fingerprint density at radius 2 is 2.19 bits per heavy atom. The third-order valence-electron chi connectivity index (χ3n) is 4.90. The van der Waals surface area contributed by atoms with Gasteiger partial charge >= 0.3 is 0 Å². The van der Waals surface area contributed by atoms with E-state index in [0.29, 0.717) is 47.4 Å². The van der Waals surface area contributed by atoms with E-state index in [1.165, 1.54) is 11.8 Å². The number of ether oxygens (including phenoxy) is 2. The molecule has 0 radical (unpaired) electrons. The van der Waals surface area contributed by atoms with Crippen LogP contribution in [0, 0.1) is 0 Å². The lowest BCUT2D eigenvalue weighted by Crippen LogP contribution is -2.29. The van der Waals surface area contributed by atoms with Gasteiger partial charge in [0.25, 0.3) is 5.56 Å². The van der Waals surface area contributed by atoms with E-state index < -0.39 is 0 Å². The SMILES string of the molecule is CCOc1ccccc1NC(=O)CSc1nc2ncccc2c(=O)n1CC1CCCO1. The van der Waals surface area contributed by atoms with Crippen LogP contribution in [0.15, 0.2) is 52.5 Å². The molecule has 1 aliphatic rings. The van der Waals surface area contributed by atoms with Gasteiger partial charge in [-0.05, 0) is 44.0 Å². The second-order valence-electron chi connectivity index (χ2n) is 7.09. The summed E-state index contributed by atoms with van der Waals surface area (Å²) in [6, 6.07) is 10.7. The van der Waals surface area contributed by atoms with E-state index >= 15 is 0 Å². The number of nitrogens with zero attached hydrogens (tertiary/aromatic N) is 3. The molecule has 8 nitrogen and oxygen atoms in total. The molecule has 1 fully saturated rings. The molecular weight excluding hydrogens is 416 g/mol. The molecule has 9 heteroatoms. The number of amides is 1. The molecule has 162 valence electrons. The number of nitrogens with one attached hydrogen (secondary N) is 1. The molecule has 0 saturated carbocycles. The lowest BCUT2D eigenvalue weighted by atomic mass is 10.2. The molecule has 0 aliphatic carbocycles. The molecule has 1 aliphatic heterocycles. The fourth-order valence-corrected chi connectivity index (χ4v) is 4.26. The Hall–Kier alpha value is -2.91. The molecular formula is C22H24N4O4S. The summed E-state index contributed by atoms with van der Waals surface area (Å²) in [6.45, 7) is 3.51. The summed E-state index contributed by atoms with van der Waals surface area (Å²) in [5.41, 5.74) is 0.818. The molecule has 1 amide bonds. The molecule has 1 unspecified atom stereocenters. The lowest BCUT2D eigenvalue weighted by Gasteiger charge is -2.16. The van der Waals surface area contributed by atoms with Crippen LogP contribution in [-0.4, -0.2) is 45.5 Å². The summed E-state index contributed by atoms with van der Waals surface area (Å²) in [4.78, 5) is 34.5. The number of anilines is 1. The minimum Gasteiger partial charge on any atom is -0.492 e. The molecule has 0 spiro atoms. The van der Waals surface area contributed by atoms with Gasteiger partial charge in [0.2, 0.25) is 5.91 Å². The van der Waals surface area contributed by atoms with E-state index in [2.05, 4.69) is 15.3 Å². The van der Waals surface area contributed by atoms with Gasteiger partial charge in [-0.1, -0.05) is 23.9 Å². The minimum absolute atomic E-state index is 0.0279. The van der Waals surface area contributed by atoms with Crippen molar-refractivity contribution in [2.45, 2.75) is 37.6 Å². The zero-order chi connectivity index (χ0) is 21.6. The van der Waals surface area contributed by atoms with Gasteiger partial charge in [0.05, 0.1) is 36.1 Å². The van der Waals surface area contributed by atoms with Gasteiger partial charge in [-0.3, -0.25) is 14.2 Å². The summed E-state index contributed by atoms with van der Waals surface area (Å²) in [5.74, 6) is 0.499. The van der Waals surface area contributed by atoms with Crippen molar-refractivity contribution in [3.05, 3.63) is 52.9 Å². The standard InChI is InChI=1S/C22H24N4O4S/c1-2-29-18-10-4-3-9-17(18)24-19(27)14-31-22-25-20-16(8-5-11-23-20)21(28)26(22)13-15-7-6-12-30-15/h3-5,8-11,15H,2,6-7,12-14H2,1H3,(H,24,27). The van der Waals surface area contributed by atoms with Crippen LogP contribution >= 0.6 is 11.8 Å². The fourth-order valence-electron chi connectivity index (χ4n) is 3.47. The number of para-hydroxylation sites is 2. The van der Waals surface area contributed by atoms with Crippen LogP contribution in [0.2, 0.25) is 0 Å².